The highest BCUT2D eigenvalue weighted by Crippen LogP contribution is 2.20. The minimum atomic E-state index is -0.486. The molecule has 170 valence electrons. The first-order valence-corrected chi connectivity index (χ1v) is 11.7. The van der Waals surface area contributed by atoms with Gasteiger partial charge in [-0.25, -0.2) is 4.98 Å². The average Bonchev–Trinajstić information content (AvgIpc) is 2.86. The number of thioether (sulfide) groups is 1. The van der Waals surface area contributed by atoms with E-state index in [1.165, 1.54) is 11.8 Å². The summed E-state index contributed by atoms with van der Waals surface area (Å²) in [5.41, 5.74) is 2.31. The van der Waals surface area contributed by atoms with Crippen LogP contribution in [0.2, 0.25) is 0 Å². The number of fused-ring (bicyclic) bond motifs is 1. The number of carbonyl (C=O) groups is 3. The van der Waals surface area contributed by atoms with E-state index in [1.807, 2.05) is 54.6 Å². The molecule has 4 rings (SSSR count). The predicted octanol–water partition coefficient (Wildman–Crippen LogP) is 3.14. The fourth-order valence-corrected chi connectivity index (χ4v) is 4.21. The van der Waals surface area contributed by atoms with E-state index < -0.39 is 5.97 Å². The van der Waals surface area contributed by atoms with E-state index in [1.54, 1.807) is 11.1 Å². The zero-order valence-electron chi connectivity index (χ0n) is 18.0. The van der Waals surface area contributed by atoms with Gasteiger partial charge in [0.25, 0.3) is 5.91 Å². The molecule has 1 N–H and O–H groups in total. The lowest BCUT2D eigenvalue weighted by Crippen LogP contribution is -2.43. The quantitative estimate of drug-likeness (QED) is 0.423. The number of piperidine rings is 1. The van der Waals surface area contributed by atoms with Gasteiger partial charge in [0, 0.05) is 24.7 Å². The van der Waals surface area contributed by atoms with Crippen LogP contribution in [-0.2, 0) is 19.1 Å². The van der Waals surface area contributed by atoms with Crippen LogP contribution >= 0.6 is 11.8 Å². The fraction of sp³-hybridized carbons (Fsp3) is 0.292. The van der Waals surface area contributed by atoms with Crippen LogP contribution in [0.4, 0.5) is 5.69 Å². The van der Waals surface area contributed by atoms with Gasteiger partial charge in [0.2, 0.25) is 5.91 Å². The topological polar surface area (TPSA) is 101 Å². The van der Waals surface area contributed by atoms with Crippen molar-refractivity contribution in [2.75, 3.05) is 30.8 Å². The summed E-state index contributed by atoms with van der Waals surface area (Å²) in [7, 11) is 0. The molecule has 2 amide bonds. The van der Waals surface area contributed by atoms with Crippen molar-refractivity contribution in [1.82, 2.24) is 14.9 Å². The van der Waals surface area contributed by atoms with Crippen LogP contribution < -0.4 is 5.32 Å². The Labute approximate surface area is 195 Å². The van der Waals surface area contributed by atoms with E-state index in [4.69, 9.17) is 4.74 Å². The number of nitrogens with one attached hydrogen (secondary N) is 1. The molecule has 3 aromatic rings. The zero-order chi connectivity index (χ0) is 23.0. The van der Waals surface area contributed by atoms with E-state index in [-0.39, 0.29) is 30.1 Å². The first-order chi connectivity index (χ1) is 16.1. The fourth-order valence-electron chi connectivity index (χ4n) is 3.57. The third-order valence-electron chi connectivity index (χ3n) is 5.38. The van der Waals surface area contributed by atoms with Gasteiger partial charge in [-0.05, 0) is 37.1 Å². The van der Waals surface area contributed by atoms with Gasteiger partial charge in [0.15, 0.2) is 6.61 Å². The Morgan fingerprint density at radius 1 is 1.00 bits per heavy atom. The van der Waals surface area contributed by atoms with Gasteiger partial charge in [0.1, 0.15) is 5.03 Å². The molecule has 1 saturated heterocycles. The van der Waals surface area contributed by atoms with Crippen LogP contribution in [0.25, 0.3) is 11.0 Å². The molecule has 0 aliphatic carbocycles. The molecule has 2 heterocycles. The normalized spacial score (nSPS) is 14.1. The number of aromatic nitrogens is 2. The van der Waals surface area contributed by atoms with Gasteiger partial charge >= 0.3 is 5.97 Å². The lowest BCUT2D eigenvalue weighted by molar-refractivity contribution is -0.150. The maximum atomic E-state index is 12.4. The Hall–Kier alpha value is -3.46. The highest BCUT2D eigenvalue weighted by molar-refractivity contribution is 7.99. The molecule has 0 radical (unpaired) electrons. The molecule has 0 unspecified atom stereocenters. The molecule has 1 aromatic heterocycles. The van der Waals surface area contributed by atoms with Crippen molar-refractivity contribution < 1.29 is 19.1 Å². The van der Waals surface area contributed by atoms with Crippen molar-refractivity contribution in [3.63, 3.8) is 0 Å². The summed E-state index contributed by atoms with van der Waals surface area (Å²) in [5, 5.41) is 3.53. The third-order valence-corrected chi connectivity index (χ3v) is 6.25. The summed E-state index contributed by atoms with van der Waals surface area (Å²) in [6.07, 6.45) is 2.77. The summed E-state index contributed by atoms with van der Waals surface area (Å²) in [4.78, 5) is 47.3. The number of para-hydroxylation sites is 3. The Morgan fingerprint density at radius 3 is 2.45 bits per heavy atom. The van der Waals surface area contributed by atoms with Crippen molar-refractivity contribution >= 4 is 46.3 Å². The first kappa shape index (κ1) is 22.7. The molecule has 33 heavy (non-hydrogen) atoms. The van der Waals surface area contributed by atoms with Crippen LogP contribution in [0.5, 0.6) is 0 Å². The van der Waals surface area contributed by atoms with Gasteiger partial charge < -0.3 is 15.0 Å². The maximum Gasteiger partial charge on any atom is 0.316 e. The summed E-state index contributed by atoms with van der Waals surface area (Å²) in [6, 6.07) is 16.8. The molecule has 2 aromatic carbocycles. The van der Waals surface area contributed by atoms with E-state index in [0.717, 1.165) is 16.7 Å². The molecular weight excluding hydrogens is 440 g/mol. The van der Waals surface area contributed by atoms with Crippen molar-refractivity contribution in [2.45, 2.75) is 17.9 Å². The van der Waals surface area contributed by atoms with E-state index in [0.29, 0.717) is 31.0 Å². The number of anilines is 1. The smallest absolute Gasteiger partial charge is 0.316 e. The highest BCUT2D eigenvalue weighted by atomic mass is 32.2. The number of hydrogen-bond acceptors (Lipinski definition) is 7. The van der Waals surface area contributed by atoms with E-state index in [9.17, 15) is 14.4 Å². The Balaban J connectivity index is 1.17. The van der Waals surface area contributed by atoms with Crippen LogP contribution in [0.1, 0.15) is 12.8 Å². The summed E-state index contributed by atoms with van der Waals surface area (Å²) >= 11 is 1.22. The van der Waals surface area contributed by atoms with Crippen LogP contribution in [0.3, 0.4) is 0 Å². The number of rotatable bonds is 7. The molecule has 0 spiro atoms. The highest BCUT2D eigenvalue weighted by Gasteiger charge is 2.27. The second kappa shape index (κ2) is 10.9. The van der Waals surface area contributed by atoms with Gasteiger partial charge in [-0.2, -0.15) is 0 Å². The van der Waals surface area contributed by atoms with Crippen LogP contribution in [-0.4, -0.2) is 58.1 Å². The Bertz CT molecular complexity index is 1130. The molecule has 1 aliphatic rings. The number of amides is 2. The molecular formula is C24H24N4O4S. The zero-order valence-corrected chi connectivity index (χ0v) is 18.8. The number of likely N-dealkylation sites (tertiary alicyclic amines) is 1. The second-order valence-corrected chi connectivity index (χ2v) is 8.65. The molecule has 0 bridgehead atoms. The van der Waals surface area contributed by atoms with Crippen molar-refractivity contribution in [2.24, 2.45) is 5.92 Å². The lowest BCUT2D eigenvalue weighted by atomic mass is 9.95. The summed E-state index contributed by atoms with van der Waals surface area (Å²) < 4.78 is 5.14. The third kappa shape index (κ3) is 6.29. The van der Waals surface area contributed by atoms with Crippen molar-refractivity contribution in [3.05, 3.63) is 60.8 Å². The predicted molar refractivity (Wildman–Crippen MR) is 126 cm³/mol. The Kier molecular flexibility index (Phi) is 7.51. The molecule has 1 aliphatic heterocycles. The minimum Gasteiger partial charge on any atom is -0.455 e. The van der Waals surface area contributed by atoms with Gasteiger partial charge in [-0.3, -0.25) is 19.4 Å². The van der Waals surface area contributed by atoms with Crippen LogP contribution in [0, 0.1) is 5.92 Å². The van der Waals surface area contributed by atoms with E-state index in [2.05, 4.69) is 15.3 Å². The number of hydrogen-bond donors (Lipinski definition) is 1. The lowest BCUT2D eigenvalue weighted by Gasteiger charge is -2.31. The van der Waals surface area contributed by atoms with Crippen LogP contribution in [0.15, 0.2) is 65.8 Å². The van der Waals surface area contributed by atoms with Gasteiger partial charge in [0.05, 0.1) is 23.0 Å². The second-order valence-electron chi connectivity index (χ2n) is 7.66. The van der Waals surface area contributed by atoms with Gasteiger partial charge in [-0.15, -0.1) is 0 Å². The molecule has 8 nitrogen and oxygen atoms in total. The molecule has 1 fully saturated rings. The summed E-state index contributed by atoms with van der Waals surface area (Å²) in [5.74, 6) is -0.867. The SMILES string of the molecule is O=C(CSc1cnc2ccccc2n1)OCC(=O)N1CCC(C(=O)Nc2ccccc2)CC1. The standard InChI is InChI=1S/C24H24N4O4S/c29-22(28-12-10-17(11-13-28)24(31)26-18-6-2-1-3-7-18)15-32-23(30)16-33-21-14-25-19-8-4-5-9-20(19)27-21/h1-9,14,17H,10-13,15-16H2,(H,26,31). The van der Waals surface area contributed by atoms with E-state index >= 15 is 0 Å². The number of esters is 1. The molecule has 0 atom stereocenters. The molecule has 0 saturated carbocycles. The maximum absolute atomic E-state index is 12.4. The van der Waals surface area contributed by atoms with Gasteiger partial charge in [-0.1, -0.05) is 42.1 Å². The Morgan fingerprint density at radius 2 is 1.70 bits per heavy atom. The van der Waals surface area contributed by atoms with Crippen molar-refractivity contribution in [3.8, 4) is 0 Å². The first-order valence-electron chi connectivity index (χ1n) is 10.7. The number of nitrogens with zero attached hydrogens (tertiary/aromatic N) is 3. The summed E-state index contributed by atoms with van der Waals surface area (Å²) in [6.45, 7) is 0.624. The minimum absolute atomic E-state index is 0.0338. The number of benzene rings is 2. The number of carbonyl (C=O) groups excluding carboxylic acids is 3. The molecule has 9 heteroatoms. The average molecular weight is 465 g/mol. The number of ether oxygens (including phenoxy) is 1. The largest absolute Gasteiger partial charge is 0.455 e. The monoisotopic (exact) mass is 464 g/mol. The van der Waals surface area contributed by atoms with Crippen molar-refractivity contribution in [1.29, 1.82) is 0 Å².